The van der Waals surface area contributed by atoms with Gasteiger partial charge in [-0.25, -0.2) is 4.39 Å². The fourth-order valence-corrected chi connectivity index (χ4v) is 3.57. The molecule has 0 aromatic carbocycles. The Morgan fingerprint density at radius 3 is 3.06 bits per heavy atom. The van der Waals surface area contributed by atoms with Crippen LogP contribution < -0.4 is 5.73 Å². The third-order valence-corrected chi connectivity index (χ3v) is 4.53. The lowest BCUT2D eigenvalue weighted by Crippen LogP contribution is -2.12. The topological polar surface area (TPSA) is 38.9 Å². The Kier molecular flexibility index (Phi) is 2.68. The average Bonchev–Trinajstić information content (AvgIpc) is 2.88. The molecule has 0 fully saturated rings. The molecule has 0 bridgehead atoms. The molecule has 2 aromatic rings. The minimum Gasteiger partial charge on any atom is -0.320 e. The predicted octanol–water partition coefficient (Wildman–Crippen LogP) is 2.82. The second kappa shape index (κ2) is 4.20. The highest BCUT2D eigenvalue weighted by Crippen LogP contribution is 2.35. The fourth-order valence-electron chi connectivity index (χ4n) is 2.30. The van der Waals surface area contributed by atoms with E-state index >= 15 is 0 Å². The van der Waals surface area contributed by atoms with Crippen LogP contribution in [0.1, 0.15) is 33.3 Å². The summed E-state index contributed by atoms with van der Waals surface area (Å²) in [5.41, 5.74) is 8.05. The summed E-state index contributed by atoms with van der Waals surface area (Å²) >= 11 is 1.72. The van der Waals surface area contributed by atoms with E-state index in [1.807, 2.05) is 0 Å². The zero-order chi connectivity index (χ0) is 11.8. The maximum atomic E-state index is 13.6. The summed E-state index contributed by atoms with van der Waals surface area (Å²) in [5, 5.41) is 0. The number of aryl methyl sites for hydroxylation is 2. The van der Waals surface area contributed by atoms with Crippen molar-refractivity contribution in [3.8, 4) is 0 Å². The number of nitrogens with two attached hydrogens (primary N) is 1. The Balaban J connectivity index is 1.96. The van der Waals surface area contributed by atoms with Crippen LogP contribution in [0, 0.1) is 5.82 Å². The van der Waals surface area contributed by atoms with Crippen molar-refractivity contribution in [2.24, 2.45) is 5.73 Å². The molecule has 4 heteroatoms. The Morgan fingerprint density at radius 1 is 1.41 bits per heavy atom. The molecule has 0 radical (unpaired) electrons. The van der Waals surface area contributed by atoms with E-state index in [1.54, 1.807) is 23.6 Å². The number of rotatable bonds is 2. The van der Waals surface area contributed by atoms with Crippen molar-refractivity contribution in [2.45, 2.75) is 25.3 Å². The Bertz CT molecular complexity index is 529. The van der Waals surface area contributed by atoms with Gasteiger partial charge >= 0.3 is 0 Å². The van der Waals surface area contributed by atoms with E-state index in [2.05, 4.69) is 11.1 Å². The van der Waals surface area contributed by atoms with Crippen LogP contribution in [0.5, 0.6) is 0 Å². The SMILES string of the molecule is NC(c1cc2c(s1)CCC2)c1ccncc1F. The molecule has 0 amide bonds. The first-order chi connectivity index (χ1) is 8.25. The van der Waals surface area contributed by atoms with Crippen molar-refractivity contribution in [1.82, 2.24) is 4.98 Å². The van der Waals surface area contributed by atoms with Crippen molar-refractivity contribution < 1.29 is 4.39 Å². The van der Waals surface area contributed by atoms with Gasteiger partial charge in [-0.1, -0.05) is 0 Å². The first-order valence-electron chi connectivity index (χ1n) is 5.72. The van der Waals surface area contributed by atoms with Gasteiger partial charge in [-0.3, -0.25) is 4.98 Å². The van der Waals surface area contributed by atoms with Crippen molar-refractivity contribution in [3.05, 3.63) is 51.2 Å². The maximum Gasteiger partial charge on any atom is 0.146 e. The number of thiophene rings is 1. The molecule has 2 nitrogen and oxygen atoms in total. The van der Waals surface area contributed by atoms with E-state index in [0.29, 0.717) is 5.56 Å². The van der Waals surface area contributed by atoms with E-state index in [0.717, 1.165) is 17.7 Å². The highest BCUT2D eigenvalue weighted by atomic mass is 32.1. The molecule has 0 saturated carbocycles. The molecular formula is C13H13FN2S. The molecule has 88 valence electrons. The van der Waals surface area contributed by atoms with Crippen LogP contribution in [0.4, 0.5) is 4.39 Å². The van der Waals surface area contributed by atoms with E-state index in [4.69, 9.17) is 5.73 Å². The quantitative estimate of drug-likeness (QED) is 0.887. The van der Waals surface area contributed by atoms with Gasteiger partial charge in [0.2, 0.25) is 0 Å². The van der Waals surface area contributed by atoms with Gasteiger partial charge in [0.25, 0.3) is 0 Å². The maximum absolute atomic E-state index is 13.6. The summed E-state index contributed by atoms with van der Waals surface area (Å²) in [4.78, 5) is 6.22. The first-order valence-corrected chi connectivity index (χ1v) is 6.54. The van der Waals surface area contributed by atoms with Crippen LogP contribution in [-0.2, 0) is 12.8 Å². The van der Waals surface area contributed by atoms with Gasteiger partial charge in [-0.05, 0) is 37.0 Å². The molecule has 1 unspecified atom stereocenters. The number of nitrogens with zero attached hydrogens (tertiary/aromatic N) is 1. The first kappa shape index (κ1) is 10.9. The Labute approximate surface area is 103 Å². The zero-order valence-corrected chi connectivity index (χ0v) is 10.1. The predicted molar refractivity (Wildman–Crippen MR) is 66.6 cm³/mol. The Morgan fingerprint density at radius 2 is 2.29 bits per heavy atom. The summed E-state index contributed by atoms with van der Waals surface area (Å²) in [6, 6.07) is 3.43. The number of hydrogen-bond acceptors (Lipinski definition) is 3. The van der Waals surface area contributed by atoms with Gasteiger partial charge in [0.15, 0.2) is 0 Å². The number of halogens is 1. The third-order valence-electron chi connectivity index (χ3n) is 3.21. The molecule has 1 atom stereocenters. The summed E-state index contributed by atoms with van der Waals surface area (Å²) in [6.45, 7) is 0. The van der Waals surface area contributed by atoms with Crippen LogP contribution >= 0.6 is 11.3 Å². The molecule has 2 N–H and O–H groups in total. The average molecular weight is 248 g/mol. The van der Waals surface area contributed by atoms with Crippen LogP contribution in [0.2, 0.25) is 0 Å². The van der Waals surface area contributed by atoms with Gasteiger partial charge in [0.1, 0.15) is 5.82 Å². The summed E-state index contributed by atoms with van der Waals surface area (Å²) < 4.78 is 13.6. The minimum absolute atomic E-state index is 0.325. The molecule has 3 rings (SSSR count). The second-order valence-corrected chi connectivity index (χ2v) is 5.49. The van der Waals surface area contributed by atoms with Crippen LogP contribution in [0.3, 0.4) is 0 Å². The number of pyridine rings is 1. The van der Waals surface area contributed by atoms with E-state index in [9.17, 15) is 4.39 Å². The summed E-state index contributed by atoms with van der Waals surface area (Å²) in [6.07, 6.45) is 6.32. The van der Waals surface area contributed by atoms with E-state index < -0.39 is 0 Å². The molecule has 0 aliphatic heterocycles. The number of hydrogen-bond donors (Lipinski definition) is 1. The molecule has 17 heavy (non-hydrogen) atoms. The highest BCUT2D eigenvalue weighted by molar-refractivity contribution is 7.12. The van der Waals surface area contributed by atoms with Crippen molar-refractivity contribution >= 4 is 11.3 Å². The van der Waals surface area contributed by atoms with Gasteiger partial charge in [-0.15, -0.1) is 11.3 Å². The van der Waals surface area contributed by atoms with Gasteiger partial charge < -0.3 is 5.73 Å². The third kappa shape index (κ3) is 1.87. The monoisotopic (exact) mass is 248 g/mol. The standard InChI is InChI=1S/C13H13FN2S/c14-10-7-16-5-4-9(10)13(15)12-6-8-2-1-3-11(8)17-12/h4-7,13H,1-3,15H2. The minimum atomic E-state index is -0.367. The van der Waals surface area contributed by atoms with Gasteiger partial charge in [-0.2, -0.15) is 0 Å². The lowest BCUT2D eigenvalue weighted by molar-refractivity contribution is 0.594. The second-order valence-electron chi connectivity index (χ2n) is 4.33. The van der Waals surface area contributed by atoms with Gasteiger partial charge in [0.05, 0.1) is 12.2 Å². The lowest BCUT2D eigenvalue weighted by Gasteiger charge is -2.10. The summed E-state index contributed by atoms with van der Waals surface area (Å²) in [7, 11) is 0. The molecule has 0 spiro atoms. The van der Waals surface area contributed by atoms with Crippen LogP contribution in [0.25, 0.3) is 0 Å². The normalized spacial score (nSPS) is 15.9. The summed E-state index contributed by atoms with van der Waals surface area (Å²) in [5.74, 6) is -0.325. The Hall–Kier alpha value is -1.26. The van der Waals surface area contributed by atoms with Crippen LogP contribution in [0.15, 0.2) is 24.5 Å². The molecule has 0 saturated heterocycles. The van der Waals surface area contributed by atoms with Crippen LogP contribution in [-0.4, -0.2) is 4.98 Å². The molecular weight excluding hydrogens is 235 g/mol. The molecule has 2 heterocycles. The highest BCUT2D eigenvalue weighted by Gasteiger charge is 2.20. The number of aromatic nitrogens is 1. The fraction of sp³-hybridized carbons (Fsp3) is 0.308. The molecule has 1 aliphatic rings. The lowest BCUT2D eigenvalue weighted by atomic mass is 10.1. The smallest absolute Gasteiger partial charge is 0.146 e. The zero-order valence-electron chi connectivity index (χ0n) is 9.32. The van der Waals surface area contributed by atoms with E-state index in [-0.39, 0.29) is 11.9 Å². The largest absolute Gasteiger partial charge is 0.320 e. The van der Waals surface area contributed by atoms with Crippen molar-refractivity contribution in [3.63, 3.8) is 0 Å². The van der Waals surface area contributed by atoms with Crippen molar-refractivity contribution in [1.29, 1.82) is 0 Å². The number of fused-ring (bicyclic) bond motifs is 1. The molecule has 2 aromatic heterocycles. The molecule has 1 aliphatic carbocycles. The van der Waals surface area contributed by atoms with Gasteiger partial charge in [0, 0.05) is 21.5 Å². The van der Waals surface area contributed by atoms with Crippen molar-refractivity contribution in [2.75, 3.05) is 0 Å². The van der Waals surface area contributed by atoms with E-state index in [1.165, 1.54) is 23.1 Å².